The Morgan fingerprint density at radius 1 is 0.870 bits per heavy atom. The molecule has 4 heteroatoms. The summed E-state index contributed by atoms with van der Waals surface area (Å²) in [5, 5.41) is 5.62. The summed E-state index contributed by atoms with van der Waals surface area (Å²) >= 11 is 0. The molecular formula is C19H22N2O2. The molecule has 0 bridgehead atoms. The molecule has 2 rings (SSSR count). The SMILES string of the molecule is C[C@H](CC(=O)NCCNC(=O)c1ccccc1)c1ccccc1. The van der Waals surface area contributed by atoms with Crippen LogP contribution in [-0.2, 0) is 4.79 Å². The molecule has 2 amide bonds. The van der Waals surface area contributed by atoms with Crippen molar-refractivity contribution in [1.82, 2.24) is 10.6 Å². The highest BCUT2D eigenvalue weighted by atomic mass is 16.2. The first-order chi connectivity index (χ1) is 11.2. The molecule has 0 fully saturated rings. The number of amides is 2. The Hall–Kier alpha value is -2.62. The van der Waals surface area contributed by atoms with Crippen LogP contribution in [-0.4, -0.2) is 24.9 Å². The lowest BCUT2D eigenvalue weighted by atomic mass is 9.98. The molecule has 0 saturated heterocycles. The fourth-order valence-corrected chi connectivity index (χ4v) is 2.32. The van der Waals surface area contributed by atoms with Crippen LogP contribution in [0.5, 0.6) is 0 Å². The van der Waals surface area contributed by atoms with Gasteiger partial charge < -0.3 is 10.6 Å². The van der Waals surface area contributed by atoms with Gasteiger partial charge in [0.05, 0.1) is 0 Å². The third kappa shape index (κ3) is 5.58. The minimum absolute atomic E-state index is 0.00434. The molecule has 2 aromatic rings. The van der Waals surface area contributed by atoms with Gasteiger partial charge in [0.2, 0.25) is 5.91 Å². The van der Waals surface area contributed by atoms with Crippen molar-refractivity contribution in [2.75, 3.05) is 13.1 Å². The van der Waals surface area contributed by atoms with Crippen molar-refractivity contribution in [2.24, 2.45) is 0 Å². The second-order valence-corrected chi connectivity index (χ2v) is 5.49. The maximum Gasteiger partial charge on any atom is 0.251 e. The van der Waals surface area contributed by atoms with Crippen LogP contribution in [0.1, 0.15) is 35.2 Å². The lowest BCUT2D eigenvalue weighted by Gasteiger charge is -2.12. The molecular weight excluding hydrogens is 288 g/mol. The summed E-state index contributed by atoms with van der Waals surface area (Å²) in [7, 11) is 0. The summed E-state index contributed by atoms with van der Waals surface area (Å²) in [5.41, 5.74) is 1.77. The van der Waals surface area contributed by atoms with Gasteiger partial charge in [-0.3, -0.25) is 9.59 Å². The second kappa shape index (κ2) is 8.73. The second-order valence-electron chi connectivity index (χ2n) is 5.49. The largest absolute Gasteiger partial charge is 0.354 e. The van der Waals surface area contributed by atoms with E-state index in [1.807, 2.05) is 55.5 Å². The van der Waals surface area contributed by atoms with Crippen LogP contribution in [0.3, 0.4) is 0 Å². The number of nitrogens with one attached hydrogen (secondary N) is 2. The summed E-state index contributed by atoms with van der Waals surface area (Å²) in [6.45, 7) is 2.88. The van der Waals surface area contributed by atoms with E-state index in [0.29, 0.717) is 25.1 Å². The van der Waals surface area contributed by atoms with Crippen LogP contribution in [0.15, 0.2) is 60.7 Å². The summed E-state index contributed by atoms with van der Waals surface area (Å²) in [6, 6.07) is 19.0. The molecule has 0 aliphatic heterocycles. The Balaban J connectivity index is 1.66. The smallest absolute Gasteiger partial charge is 0.251 e. The van der Waals surface area contributed by atoms with Gasteiger partial charge >= 0.3 is 0 Å². The maximum absolute atomic E-state index is 11.9. The van der Waals surface area contributed by atoms with Crippen LogP contribution < -0.4 is 10.6 Å². The Morgan fingerprint density at radius 3 is 2.09 bits per heavy atom. The molecule has 0 heterocycles. The topological polar surface area (TPSA) is 58.2 Å². The van der Waals surface area contributed by atoms with Crippen molar-refractivity contribution in [3.8, 4) is 0 Å². The Kier molecular flexibility index (Phi) is 6.36. The first-order valence-electron chi connectivity index (χ1n) is 7.81. The average molecular weight is 310 g/mol. The molecule has 4 nitrogen and oxygen atoms in total. The number of carbonyl (C=O) groups is 2. The lowest BCUT2D eigenvalue weighted by molar-refractivity contribution is -0.121. The van der Waals surface area contributed by atoms with Crippen LogP contribution in [0.25, 0.3) is 0 Å². The highest BCUT2D eigenvalue weighted by molar-refractivity contribution is 5.94. The van der Waals surface area contributed by atoms with Crippen molar-refractivity contribution in [3.05, 3.63) is 71.8 Å². The van der Waals surface area contributed by atoms with E-state index in [1.54, 1.807) is 12.1 Å². The fourth-order valence-electron chi connectivity index (χ4n) is 2.32. The van der Waals surface area contributed by atoms with E-state index in [0.717, 1.165) is 5.56 Å². The van der Waals surface area contributed by atoms with Gasteiger partial charge in [0.15, 0.2) is 0 Å². The summed E-state index contributed by atoms with van der Waals surface area (Å²) in [6.07, 6.45) is 0.441. The zero-order valence-electron chi connectivity index (χ0n) is 13.3. The van der Waals surface area contributed by atoms with E-state index in [4.69, 9.17) is 0 Å². The third-order valence-corrected chi connectivity index (χ3v) is 3.63. The third-order valence-electron chi connectivity index (χ3n) is 3.63. The maximum atomic E-state index is 11.9. The quantitative estimate of drug-likeness (QED) is 0.773. The summed E-state index contributed by atoms with van der Waals surface area (Å²) in [4.78, 5) is 23.7. The highest BCUT2D eigenvalue weighted by Gasteiger charge is 2.10. The predicted molar refractivity (Wildman–Crippen MR) is 91.3 cm³/mol. The van der Waals surface area contributed by atoms with E-state index in [9.17, 15) is 9.59 Å². The number of rotatable bonds is 7. The Morgan fingerprint density at radius 2 is 1.43 bits per heavy atom. The van der Waals surface area contributed by atoms with Gasteiger partial charge in [-0.15, -0.1) is 0 Å². The summed E-state index contributed by atoms with van der Waals surface area (Å²) < 4.78 is 0. The van der Waals surface area contributed by atoms with Gasteiger partial charge in [-0.2, -0.15) is 0 Å². The number of hydrogen-bond donors (Lipinski definition) is 2. The molecule has 2 N–H and O–H groups in total. The standard InChI is InChI=1S/C19H22N2O2/c1-15(16-8-4-2-5-9-16)14-18(22)20-12-13-21-19(23)17-10-6-3-7-11-17/h2-11,15H,12-14H2,1H3,(H,20,22)(H,21,23)/t15-/m1/s1. The van der Waals surface area contributed by atoms with Crippen LogP contribution in [0.2, 0.25) is 0 Å². The number of hydrogen-bond acceptors (Lipinski definition) is 2. The predicted octanol–water partition coefficient (Wildman–Crippen LogP) is 2.73. The van der Waals surface area contributed by atoms with Gasteiger partial charge in [0, 0.05) is 25.1 Å². The van der Waals surface area contributed by atoms with E-state index in [1.165, 1.54) is 0 Å². The van der Waals surface area contributed by atoms with E-state index < -0.39 is 0 Å². The molecule has 0 radical (unpaired) electrons. The van der Waals surface area contributed by atoms with Crippen molar-refractivity contribution in [3.63, 3.8) is 0 Å². The van der Waals surface area contributed by atoms with Crippen LogP contribution in [0, 0.1) is 0 Å². The molecule has 0 saturated carbocycles. The van der Waals surface area contributed by atoms with Crippen molar-refractivity contribution in [2.45, 2.75) is 19.3 Å². The molecule has 0 spiro atoms. The molecule has 0 aromatic heterocycles. The van der Waals surface area contributed by atoms with E-state index >= 15 is 0 Å². The number of carbonyl (C=O) groups excluding carboxylic acids is 2. The molecule has 2 aromatic carbocycles. The summed E-state index contributed by atoms with van der Waals surface area (Å²) in [5.74, 6) is 0.0444. The van der Waals surface area contributed by atoms with Gasteiger partial charge in [0.25, 0.3) is 5.91 Å². The van der Waals surface area contributed by atoms with Crippen LogP contribution >= 0.6 is 0 Å². The highest BCUT2D eigenvalue weighted by Crippen LogP contribution is 2.17. The average Bonchev–Trinajstić information content (AvgIpc) is 2.60. The monoisotopic (exact) mass is 310 g/mol. The first kappa shape index (κ1) is 16.7. The molecule has 0 aliphatic carbocycles. The number of benzene rings is 2. The molecule has 0 aliphatic rings. The van der Waals surface area contributed by atoms with Gasteiger partial charge in [0.1, 0.15) is 0 Å². The van der Waals surface area contributed by atoms with Crippen LogP contribution in [0.4, 0.5) is 0 Å². The first-order valence-corrected chi connectivity index (χ1v) is 7.81. The van der Waals surface area contributed by atoms with Gasteiger partial charge in [-0.25, -0.2) is 0 Å². The minimum atomic E-state index is -0.127. The minimum Gasteiger partial charge on any atom is -0.354 e. The zero-order valence-corrected chi connectivity index (χ0v) is 13.3. The van der Waals surface area contributed by atoms with E-state index in [-0.39, 0.29) is 17.7 Å². The molecule has 23 heavy (non-hydrogen) atoms. The van der Waals surface area contributed by atoms with E-state index in [2.05, 4.69) is 10.6 Å². The Labute approximate surface area is 136 Å². The van der Waals surface area contributed by atoms with Crippen molar-refractivity contribution in [1.29, 1.82) is 0 Å². The fraction of sp³-hybridized carbons (Fsp3) is 0.263. The van der Waals surface area contributed by atoms with Gasteiger partial charge in [-0.1, -0.05) is 55.5 Å². The molecule has 1 atom stereocenters. The van der Waals surface area contributed by atoms with Crippen molar-refractivity contribution >= 4 is 11.8 Å². The molecule has 0 unspecified atom stereocenters. The zero-order chi connectivity index (χ0) is 16.5. The van der Waals surface area contributed by atoms with Crippen molar-refractivity contribution < 1.29 is 9.59 Å². The lowest BCUT2D eigenvalue weighted by Crippen LogP contribution is -2.35. The molecule has 120 valence electrons. The van der Waals surface area contributed by atoms with Gasteiger partial charge in [-0.05, 0) is 23.6 Å². The Bertz CT molecular complexity index is 626. The normalized spacial score (nSPS) is 11.5.